The molecule has 1 aromatic carbocycles. The van der Waals surface area contributed by atoms with E-state index in [4.69, 9.17) is 4.74 Å². The van der Waals surface area contributed by atoms with Gasteiger partial charge in [0.1, 0.15) is 5.75 Å². The van der Waals surface area contributed by atoms with Crippen molar-refractivity contribution in [3.8, 4) is 17.0 Å². The molecule has 0 atom stereocenters. The molecule has 2 aromatic heterocycles. The monoisotopic (exact) mass is 411 g/mol. The van der Waals surface area contributed by atoms with Crippen LogP contribution in [0.4, 0.5) is 10.8 Å². The number of thiophene rings is 1. The Morgan fingerprint density at radius 2 is 2.25 bits per heavy atom. The zero-order valence-corrected chi connectivity index (χ0v) is 16.5. The lowest BCUT2D eigenvalue weighted by molar-refractivity contribution is -0.121. The first-order chi connectivity index (χ1) is 13.6. The number of nitrogens with one attached hydrogen (secondary N) is 1. The van der Waals surface area contributed by atoms with E-state index in [-0.39, 0.29) is 18.4 Å². The molecule has 8 heteroatoms. The molecule has 1 N–H and O–H groups in total. The third kappa shape index (κ3) is 3.83. The van der Waals surface area contributed by atoms with Gasteiger partial charge in [-0.2, -0.15) is 0 Å². The van der Waals surface area contributed by atoms with Crippen LogP contribution in [0.3, 0.4) is 0 Å². The van der Waals surface area contributed by atoms with E-state index in [2.05, 4.69) is 16.9 Å². The first-order valence-corrected chi connectivity index (χ1v) is 10.4. The number of fused-ring (bicyclic) bond motifs is 1. The molecule has 1 aliphatic heterocycles. The fourth-order valence-corrected chi connectivity index (χ4v) is 4.33. The highest BCUT2D eigenvalue weighted by Crippen LogP contribution is 2.36. The predicted molar refractivity (Wildman–Crippen MR) is 112 cm³/mol. The Kier molecular flexibility index (Phi) is 5.23. The number of nitrogens with zero attached hydrogens (tertiary/aromatic N) is 2. The summed E-state index contributed by atoms with van der Waals surface area (Å²) < 4.78 is 5.51. The lowest BCUT2D eigenvalue weighted by atomic mass is 10.1. The van der Waals surface area contributed by atoms with Crippen molar-refractivity contribution in [2.24, 2.45) is 0 Å². The molecule has 0 bridgehead atoms. The van der Waals surface area contributed by atoms with Crippen LogP contribution in [0.15, 0.2) is 53.7 Å². The van der Waals surface area contributed by atoms with Crippen LogP contribution < -0.4 is 15.0 Å². The number of hydrogen-bond donors (Lipinski definition) is 1. The van der Waals surface area contributed by atoms with Crippen LogP contribution in [0, 0.1) is 0 Å². The van der Waals surface area contributed by atoms with Gasteiger partial charge in [0.2, 0.25) is 5.91 Å². The summed E-state index contributed by atoms with van der Waals surface area (Å²) >= 11 is 2.92. The van der Waals surface area contributed by atoms with Crippen molar-refractivity contribution >= 4 is 45.3 Å². The zero-order valence-electron chi connectivity index (χ0n) is 14.9. The molecule has 28 heavy (non-hydrogen) atoms. The molecule has 1 aliphatic rings. The first-order valence-electron chi connectivity index (χ1n) is 8.60. The maximum Gasteiger partial charge on any atom is 0.265 e. The predicted octanol–water partition coefficient (Wildman–Crippen LogP) is 3.96. The largest absolute Gasteiger partial charge is 0.482 e. The lowest BCUT2D eigenvalue weighted by Gasteiger charge is -2.28. The Hall–Kier alpha value is -2.97. The van der Waals surface area contributed by atoms with Gasteiger partial charge in [0, 0.05) is 22.4 Å². The maximum atomic E-state index is 12.2. The van der Waals surface area contributed by atoms with Crippen LogP contribution >= 0.6 is 22.7 Å². The summed E-state index contributed by atoms with van der Waals surface area (Å²) in [5, 5.41) is 7.22. The lowest BCUT2D eigenvalue weighted by Crippen LogP contribution is -2.38. The van der Waals surface area contributed by atoms with E-state index in [0.29, 0.717) is 29.5 Å². The summed E-state index contributed by atoms with van der Waals surface area (Å²) in [5.74, 6) is 0.458. The maximum absolute atomic E-state index is 12.2. The number of amides is 2. The van der Waals surface area contributed by atoms with Gasteiger partial charge >= 0.3 is 0 Å². The van der Waals surface area contributed by atoms with Crippen molar-refractivity contribution in [3.63, 3.8) is 0 Å². The van der Waals surface area contributed by atoms with Gasteiger partial charge in [-0.1, -0.05) is 12.1 Å². The van der Waals surface area contributed by atoms with Gasteiger partial charge in [-0.3, -0.25) is 9.59 Å². The fraction of sp³-hybridized carbons (Fsp3) is 0.150. The van der Waals surface area contributed by atoms with E-state index in [1.165, 1.54) is 11.3 Å². The second kappa shape index (κ2) is 7.95. The van der Waals surface area contributed by atoms with Gasteiger partial charge in [-0.25, -0.2) is 4.98 Å². The van der Waals surface area contributed by atoms with Gasteiger partial charge in [-0.05, 0) is 29.6 Å². The number of ether oxygens (including phenoxy) is 1. The molecule has 0 fully saturated rings. The molecule has 3 aromatic rings. The summed E-state index contributed by atoms with van der Waals surface area (Å²) in [6.45, 7) is 4.16. The van der Waals surface area contributed by atoms with E-state index in [9.17, 15) is 9.59 Å². The molecular formula is C20H17N3O3S2. The smallest absolute Gasteiger partial charge is 0.265 e. The first kappa shape index (κ1) is 18.4. The van der Waals surface area contributed by atoms with E-state index in [0.717, 1.165) is 16.1 Å². The molecule has 6 nitrogen and oxygen atoms in total. The van der Waals surface area contributed by atoms with Crippen molar-refractivity contribution < 1.29 is 14.3 Å². The molecule has 0 spiro atoms. The highest BCUT2D eigenvalue weighted by molar-refractivity contribution is 7.14. The number of carbonyl (C=O) groups excluding carboxylic acids is 2. The second-order valence-corrected chi connectivity index (χ2v) is 8.00. The Balaban J connectivity index is 1.53. The second-order valence-electron chi connectivity index (χ2n) is 6.11. The van der Waals surface area contributed by atoms with Crippen LogP contribution in [-0.2, 0) is 16.0 Å². The van der Waals surface area contributed by atoms with Crippen LogP contribution in [0.2, 0.25) is 0 Å². The summed E-state index contributed by atoms with van der Waals surface area (Å²) in [4.78, 5) is 31.5. The summed E-state index contributed by atoms with van der Waals surface area (Å²) in [7, 11) is 0. The standard InChI is InChI=1S/C20H17N3O3S2/c1-2-7-23-16-9-13(5-6-17(16)26-11-19(23)25)15-12-28-20(21-15)22-18(24)10-14-4-3-8-27-14/h2-6,8-9,12H,1,7,10-11H2,(H,21,22,24). The zero-order chi connectivity index (χ0) is 19.5. The number of carbonyl (C=O) groups is 2. The normalized spacial score (nSPS) is 13.0. The molecule has 142 valence electrons. The molecule has 0 radical (unpaired) electrons. The highest BCUT2D eigenvalue weighted by atomic mass is 32.1. The van der Waals surface area contributed by atoms with E-state index in [1.807, 2.05) is 41.1 Å². The van der Waals surface area contributed by atoms with Crippen LogP contribution in [0.25, 0.3) is 11.3 Å². The number of thiazole rings is 1. The summed E-state index contributed by atoms with van der Waals surface area (Å²) in [5.41, 5.74) is 2.28. The van der Waals surface area contributed by atoms with E-state index >= 15 is 0 Å². The number of rotatable bonds is 6. The molecule has 2 amide bonds. The third-order valence-corrected chi connectivity index (χ3v) is 5.81. The quantitative estimate of drug-likeness (QED) is 0.623. The average molecular weight is 412 g/mol. The molecule has 0 unspecified atom stereocenters. The third-order valence-electron chi connectivity index (χ3n) is 4.17. The van der Waals surface area contributed by atoms with Crippen LogP contribution in [-0.4, -0.2) is 29.9 Å². The topological polar surface area (TPSA) is 71.5 Å². The summed E-state index contributed by atoms with van der Waals surface area (Å²) in [6.07, 6.45) is 2.02. The van der Waals surface area contributed by atoms with E-state index < -0.39 is 0 Å². The van der Waals surface area contributed by atoms with Gasteiger partial charge in [-0.15, -0.1) is 29.3 Å². The van der Waals surface area contributed by atoms with Gasteiger partial charge in [0.05, 0.1) is 17.8 Å². The van der Waals surface area contributed by atoms with Crippen molar-refractivity contribution in [3.05, 3.63) is 58.6 Å². The van der Waals surface area contributed by atoms with Crippen molar-refractivity contribution in [1.82, 2.24) is 4.98 Å². The minimum Gasteiger partial charge on any atom is -0.482 e. The number of aromatic nitrogens is 1. The molecule has 4 rings (SSSR count). The van der Waals surface area contributed by atoms with Crippen molar-refractivity contribution in [1.29, 1.82) is 0 Å². The Bertz CT molecular complexity index is 1030. The van der Waals surface area contributed by atoms with Crippen LogP contribution in [0.1, 0.15) is 4.88 Å². The van der Waals surface area contributed by atoms with Gasteiger partial charge in [0.25, 0.3) is 5.91 Å². The fourth-order valence-electron chi connectivity index (χ4n) is 2.89. The number of hydrogen-bond acceptors (Lipinski definition) is 6. The highest BCUT2D eigenvalue weighted by Gasteiger charge is 2.25. The van der Waals surface area contributed by atoms with E-state index in [1.54, 1.807) is 22.3 Å². The molecule has 3 heterocycles. The Labute approximate surface area is 170 Å². The minimum atomic E-state index is -0.107. The van der Waals surface area contributed by atoms with Crippen molar-refractivity contribution in [2.45, 2.75) is 6.42 Å². The number of anilines is 2. The molecular weight excluding hydrogens is 394 g/mol. The van der Waals surface area contributed by atoms with Gasteiger partial charge < -0.3 is 15.0 Å². The summed E-state index contributed by atoms with van der Waals surface area (Å²) in [6, 6.07) is 9.47. The molecule has 0 aliphatic carbocycles. The van der Waals surface area contributed by atoms with Crippen LogP contribution in [0.5, 0.6) is 5.75 Å². The Morgan fingerprint density at radius 3 is 3.04 bits per heavy atom. The minimum absolute atomic E-state index is 0.0251. The molecule has 0 saturated heterocycles. The van der Waals surface area contributed by atoms with Gasteiger partial charge in [0.15, 0.2) is 11.7 Å². The SMILES string of the molecule is C=CCN1C(=O)COc2ccc(-c3csc(NC(=O)Cc4cccs4)n3)cc21. The number of benzene rings is 1. The Morgan fingerprint density at radius 1 is 1.36 bits per heavy atom. The molecule has 0 saturated carbocycles. The van der Waals surface area contributed by atoms with Crippen molar-refractivity contribution in [2.75, 3.05) is 23.4 Å². The average Bonchev–Trinajstić information content (AvgIpc) is 3.36.